The van der Waals surface area contributed by atoms with E-state index >= 15 is 0 Å². The first-order valence-corrected chi connectivity index (χ1v) is 6.26. The zero-order valence-electron chi connectivity index (χ0n) is 11.2. The molecule has 0 radical (unpaired) electrons. The molecule has 0 spiro atoms. The number of para-hydroxylation sites is 1. The summed E-state index contributed by atoms with van der Waals surface area (Å²) < 4.78 is 4.94. The van der Waals surface area contributed by atoms with Crippen molar-refractivity contribution in [1.29, 1.82) is 0 Å². The Hall–Kier alpha value is -2.56. The van der Waals surface area contributed by atoms with Crippen molar-refractivity contribution < 1.29 is 14.6 Å². The Labute approximate surface area is 117 Å². The van der Waals surface area contributed by atoms with Crippen molar-refractivity contribution in [3.8, 4) is 11.6 Å². The lowest BCUT2D eigenvalue weighted by atomic mass is 10.1. The molecule has 2 N–H and O–H groups in total. The van der Waals surface area contributed by atoms with Crippen molar-refractivity contribution in [2.75, 3.05) is 12.4 Å². The van der Waals surface area contributed by atoms with Crippen LogP contribution in [-0.2, 0) is 11.2 Å². The summed E-state index contributed by atoms with van der Waals surface area (Å²) in [7, 11) is 1.53. The topological polar surface area (TPSA) is 71.5 Å². The minimum atomic E-state index is -0.125. The first kappa shape index (κ1) is 13.9. The average Bonchev–Trinajstić information content (AvgIpc) is 2.47. The van der Waals surface area contributed by atoms with E-state index < -0.39 is 0 Å². The molecular formula is C15H16N2O3. The summed E-state index contributed by atoms with van der Waals surface area (Å²) in [4.78, 5) is 15.8. The molecule has 1 heterocycles. The molecule has 20 heavy (non-hydrogen) atoms. The molecule has 0 aliphatic heterocycles. The lowest BCUT2D eigenvalue weighted by Crippen LogP contribution is -2.12. The number of anilines is 1. The molecular weight excluding hydrogens is 256 g/mol. The van der Waals surface area contributed by atoms with E-state index in [4.69, 9.17) is 4.74 Å². The zero-order valence-corrected chi connectivity index (χ0v) is 11.2. The summed E-state index contributed by atoms with van der Waals surface area (Å²) in [6, 6.07) is 10.4. The second kappa shape index (κ2) is 6.56. The number of rotatable bonds is 5. The average molecular weight is 272 g/mol. The fourth-order valence-electron chi connectivity index (χ4n) is 1.77. The highest BCUT2D eigenvalue weighted by molar-refractivity contribution is 5.90. The third kappa shape index (κ3) is 3.71. The summed E-state index contributed by atoms with van der Waals surface area (Å²) in [5, 5.41) is 12.4. The normalized spacial score (nSPS) is 10.1. The number of hydrogen-bond donors (Lipinski definition) is 2. The van der Waals surface area contributed by atoms with Crippen LogP contribution in [0.1, 0.15) is 12.0 Å². The number of aromatic nitrogens is 1. The number of aryl methyl sites for hydroxylation is 1. The number of carbonyl (C=O) groups excluding carboxylic acids is 1. The van der Waals surface area contributed by atoms with Crippen LogP contribution in [0, 0.1) is 0 Å². The molecule has 0 saturated carbocycles. The quantitative estimate of drug-likeness (QED) is 0.876. The number of benzene rings is 1. The van der Waals surface area contributed by atoms with E-state index in [1.165, 1.54) is 13.3 Å². The molecule has 1 amide bonds. The summed E-state index contributed by atoms with van der Waals surface area (Å²) in [5.41, 5.74) is 1.38. The molecule has 0 atom stereocenters. The molecule has 0 fully saturated rings. The highest BCUT2D eigenvalue weighted by Crippen LogP contribution is 2.17. The van der Waals surface area contributed by atoms with E-state index in [2.05, 4.69) is 10.3 Å². The number of phenols is 1. The van der Waals surface area contributed by atoms with Crippen LogP contribution in [0.3, 0.4) is 0 Å². The maximum Gasteiger partial charge on any atom is 0.224 e. The van der Waals surface area contributed by atoms with Gasteiger partial charge in [0.15, 0.2) is 0 Å². The number of methoxy groups -OCH3 is 1. The smallest absolute Gasteiger partial charge is 0.224 e. The van der Waals surface area contributed by atoms with Gasteiger partial charge in [-0.15, -0.1) is 0 Å². The molecule has 0 unspecified atom stereocenters. The van der Waals surface area contributed by atoms with E-state index in [0.717, 1.165) is 5.56 Å². The van der Waals surface area contributed by atoms with Crippen molar-refractivity contribution in [1.82, 2.24) is 4.98 Å². The summed E-state index contributed by atoms with van der Waals surface area (Å²) in [6.45, 7) is 0. The Morgan fingerprint density at radius 2 is 2.10 bits per heavy atom. The van der Waals surface area contributed by atoms with E-state index in [0.29, 0.717) is 24.4 Å². The Bertz CT molecular complexity index is 582. The van der Waals surface area contributed by atoms with Gasteiger partial charge in [-0.2, -0.15) is 0 Å². The van der Waals surface area contributed by atoms with Crippen LogP contribution in [0.5, 0.6) is 11.6 Å². The van der Waals surface area contributed by atoms with Gasteiger partial charge in [0.2, 0.25) is 11.8 Å². The van der Waals surface area contributed by atoms with Crippen LogP contribution >= 0.6 is 0 Å². The predicted molar refractivity (Wildman–Crippen MR) is 75.8 cm³/mol. The van der Waals surface area contributed by atoms with E-state index in [-0.39, 0.29) is 11.7 Å². The fourth-order valence-corrected chi connectivity index (χ4v) is 1.77. The van der Waals surface area contributed by atoms with Crippen molar-refractivity contribution >= 4 is 11.6 Å². The number of carbonyl (C=O) groups is 1. The van der Waals surface area contributed by atoms with Crippen LogP contribution in [0.4, 0.5) is 5.69 Å². The van der Waals surface area contributed by atoms with Gasteiger partial charge in [0, 0.05) is 12.5 Å². The van der Waals surface area contributed by atoms with Crippen molar-refractivity contribution in [3.05, 3.63) is 48.2 Å². The lowest BCUT2D eigenvalue weighted by Gasteiger charge is -2.06. The van der Waals surface area contributed by atoms with Gasteiger partial charge in [0.1, 0.15) is 5.75 Å². The Morgan fingerprint density at radius 3 is 2.75 bits per heavy atom. The van der Waals surface area contributed by atoms with E-state index in [1.807, 2.05) is 6.07 Å². The third-order valence-electron chi connectivity index (χ3n) is 2.84. The summed E-state index contributed by atoms with van der Waals surface area (Å²) in [6.07, 6.45) is 2.32. The molecule has 104 valence electrons. The molecule has 0 aliphatic carbocycles. The molecule has 0 aliphatic rings. The fraction of sp³-hybridized carbons (Fsp3) is 0.200. The van der Waals surface area contributed by atoms with Gasteiger partial charge in [0.25, 0.3) is 0 Å². The Balaban J connectivity index is 1.87. The maximum absolute atomic E-state index is 11.8. The van der Waals surface area contributed by atoms with Gasteiger partial charge in [-0.05, 0) is 24.1 Å². The van der Waals surface area contributed by atoms with Crippen molar-refractivity contribution in [2.45, 2.75) is 12.8 Å². The summed E-state index contributed by atoms with van der Waals surface area (Å²) >= 11 is 0. The largest absolute Gasteiger partial charge is 0.508 e. The molecule has 5 heteroatoms. The number of phenolic OH excluding ortho intramolecular Hbond substituents is 1. The third-order valence-corrected chi connectivity index (χ3v) is 2.84. The monoisotopic (exact) mass is 272 g/mol. The van der Waals surface area contributed by atoms with Crippen LogP contribution in [-0.4, -0.2) is 23.1 Å². The molecule has 5 nitrogen and oxygen atoms in total. The predicted octanol–water partition coefficient (Wildman–Crippen LogP) is 2.37. The Kier molecular flexibility index (Phi) is 4.55. The first-order valence-electron chi connectivity index (χ1n) is 6.26. The molecule has 0 saturated heterocycles. The molecule has 2 aromatic rings. The van der Waals surface area contributed by atoms with Gasteiger partial charge in [0.05, 0.1) is 19.0 Å². The zero-order chi connectivity index (χ0) is 14.4. The number of nitrogens with one attached hydrogen (secondary N) is 1. The minimum absolute atomic E-state index is 0.125. The number of aromatic hydroxyl groups is 1. The second-order valence-electron chi connectivity index (χ2n) is 4.27. The van der Waals surface area contributed by atoms with E-state index in [9.17, 15) is 9.90 Å². The van der Waals surface area contributed by atoms with Crippen molar-refractivity contribution in [3.63, 3.8) is 0 Å². The summed E-state index contributed by atoms with van der Waals surface area (Å²) in [5.74, 6) is 0.587. The van der Waals surface area contributed by atoms with Gasteiger partial charge >= 0.3 is 0 Å². The number of amides is 1. The lowest BCUT2D eigenvalue weighted by molar-refractivity contribution is -0.116. The van der Waals surface area contributed by atoms with Crippen LogP contribution in [0.2, 0.25) is 0 Å². The maximum atomic E-state index is 11.8. The number of pyridine rings is 1. The standard InChI is InChI=1S/C15H16N2O3/c1-20-15-9-7-12(10-16-15)17-14(19)8-6-11-4-2-3-5-13(11)18/h2-5,7,9-10,18H,6,8H2,1H3,(H,17,19). The van der Waals surface area contributed by atoms with Gasteiger partial charge in [-0.25, -0.2) is 4.98 Å². The first-order chi connectivity index (χ1) is 9.69. The number of ether oxygens (including phenoxy) is 1. The molecule has 2 rings (SSSR count). The minimum Gasteiger partial charge on any atom is -0.508 e. The Morgan fingerprint density at radius 1 is 1.30 bits per heavy atom. The van der Waals surface area contributed by atoms with Crippen LogP contribution < -0.4 is 10.1 Å². The van der Waals surface area contributed by atoms with Gasteiger partial charge in [-0.1, -0.05) is 18.2 Å². The molecule has 1 aromatic heterocycles. The molecule has 1 aromatic carbocycles. The highest BCUT2D eigenvalue weighted by atomic mass is 16.5. The van der Waals surface area contributed by atoms with E-state index in [1.54, 1.807) is 30.3 Å². The van der Waals surface area contributed by atoms with Gasteiger partial charge < -0.3 is 15.2 Å². The molecule has 0 bridgehead atoms. The number of hydrogen-bond acceptors (Lipinski definition) is 4. The van der Waals surface area contributed by atoms with Crippen LogP contribution in [0.25, 0.3) is 0 Å². The highest BCUT2D eigenvalue weighted by Gasteiger charge is 2.06. The number of nitrogens with zero attached hydrogens (tertiary/aromatic N) is 1. The second-order valence-corrected chi connectivity index (χ2v) is 4.27. The van der Waals surface area contributed by atoms with Crippen LogP contribution in [0.15, 0.2) is 42.6 Å². The SMILES string of the molecule is COc1ccc(NC(=O)CCc2ccccc2O)cn1. The van der Waals surface area contributed by atoms with Crippen molar-refractivity contribution in [2.24, 2.45) is 0 Å². The van der Waals surface area contributed by atoms with Gasteiger partial charge in [-0.3, -0.25) is 4.79 Å².